The second-order valence-electron chi connectivity index (χ2n) is 6.80. The molecule has 0 unspecified atom stereocenters. The van der Waals surface area contributed by atoms with Gasteiger partial charge < -0.3 is 10.1 Å². The molecule has 1 aromatic heterocycles. The molecule has 3 heteroatoms. The highest BCUT2D eigenvalue weighted by molar-refractivity contribution is 5.84. The lowest BCUT2D eigenvalue weighted by atomic mass is 9.91. The van der Waals surface area contributed by atoms with Crippen LogP contribution < -0.4 is 10.1 Å². The number of hydrogen-bond donors (Lipinski definition) is 1. The van der Waals surface area contributed by atoms with E-state index >= 15 is 0 Å². The first kappa shape index (κ1) is 17.3. The molecule has 0 bridgehead atoms. The van der Waals surface area contributed by atoms with Crippen molar-refractivity contribution in [1.82, 2.24) is 4.98 Å². The summed E-state index contributed by atoms with van der Waals surface area (Å²) in [5.41, 5.74) is 6.13. The van der Waals surface area contributed by atoms with Crippen LogP contribution in [0, 0.1) is 0 Å². The molecule has 1 N–H and O–H groups in total. The van der Waals surface area contributed by atoms with Gasteiger partial charge in [0.05, 0.1) is 7.11 Å². The monoisotopic (exact) mass is 356 g/mol. The lowest BCUT2D eigenvalue weighted by molar-refractivity contribution is 0.415. The number of pyridine rings is 1. The van der Waals surface area contributed by atoms with E-state index in [9.17, 15) is 0 Å². The van der Waals surface area contributed by atoms with Crippen molar-refractivity contribution in [2.45, 2.75) is 25.7 Å². The van der Waals surface area contributed by atoms with E-state index in [1.54, 1.807) is 7.11 Å². The van der Waals surface area contributed by atoms with Crippen LogP contribution in [-0.2, 0) is 0 Å². The molecular weight excluding hydrogens is 332 g/mol. The van der Waals surface area contributed by atoms with Crippen molar-refractivity contribution in [3.8, 4) is 16.9 Å². The smallest absolute Gasteiger partial charge is 0.130 e. The molecule has 2 aromatic carbocycles. The van der Waals surface area contributed by atoms with E-state index in [1.807, 2.05) is 36.5 Å². The van der Waals surface area contributed by atoms with E-state index < -0.39 is 0 Å². The van der Waals surface area contributed by atoms with Crippen molar-refractivity contribution >= 4 is 17.1 Å². The summed E-state index contributed by atoms with van der Waals surface area (Å²) in [6, 6.07) is 20.8. The fourth-order valence-electron chi connectivity index (χ4n) is 3.54. The maximum absolute atomic E-state index is 5.30. The number of ether oxygens (including phenoxy) is 1. The van der Waals surface area contributed by atoms with Crippen molar-refractivity contribution in [3.05, 3.63) is 78.5 Å². The Hall–Kier alpha value is -3.07. The Labute approximate surface area is 160 Å². The second-order valence-corrected chi connectivity index (χ2v) is 6.80. The van der Waals surface area contributed by atoms with Crippen molar-refractivity contribution in [1.29, 1.82) is 0 Å². The van der Waals surface area contributed by atoms with Gasteiger partial charge in [-0.1, -0.05) is 36.4 Å². The quantitative estimate of drug-likeness (QED) is 0.570. The van der Waals surface area contributed by atoms with Gasteiger partial charge in [-0.15, -0.1) is 0 Å². The standard InChI is InChI=1S/C24H24N2O/c1-27-21-13-10-19(11-14-21)22-15-12-20(18-7-3-2-4-8-18)17-23(22)26-24-9-5-6-16-25-24/h5-7,9-17H,2-4,8H2,1H3,(H,25,26). The van der Waals surface area contributed by atoms with Gasteiger partial charge in [0.15, 0.2) is 0 Å². The predicted molar refractivity (Wildman–Crippen MR) is 112 cm³/mol. The summed E-state index contributed by atoms with van der Waals surface area (Å²) < 4.78 is 5.30. The van der Waals surface area contributed by atoms with Crippen molar-refractivity contribution < 1.29 is 4.74 Å². The van der Waals surface area contributed by atoms with Crippen LogP contribution >= 0.6 is 0 Å². The van der Waals surface area contributed by atoms with Gasteiger partial charge in [0.2, 0.25) is 0 Å². The molecule has 1 aliphatic carbocycles. The molecule has 0 saturated carbocycles. The van der Waals surface area contributed by atoms with E-state index in [2.05, 4.69) is 46.7 Å². The zero-order valence-electron chi connectivity index (χ0n) is 15.6. The van der Waals surface area contributed by atoms with E-state index in [0.717, 1.165) is 34.8 Å². The molecule has 3 aromatic rings. The van der Waals surface area contributed by atoms with E-state index in [1.165, 1.54) is 30.4 Å². The van der Waals surface area contributed by atoms with Gasteiger partial charge in [-0.25, -0.2) is 4.98 Å². The van der Waals surface area contributed by atoms with Crippen LogP contribution in [0.2, 0.25) is 0 Å². The van der Waals surface area contributed by atoms with Crippen LogP contribution in [0.25, 0.3) is 16.7 Å². The number of methoxy groups -OCH3 is 1. The van der Waals surface area contributed by atoms with Crippen LogP contribution in [0.1, 0.15) is 31.2 Å². The highest BCUT2D eigenvalue weighted by Gasteiger charge is 2.12. The molecule has 0 radical (unpaired) electrons. The molecule has 4 rings (SSSR count). The summed E-state index contributed by atoms with van der Waals surface area (Å²) in [7, 11) is 1.69. The summed E-state index contributed by atoms with van der Waals surface area (Å²) in [4.78, 5) is 4.43. The third-order valence-electron chi connectivity index (χ3n) is 5.01. The molecule has 0 saturated heterocycles. The summed E-state index contributed by atoms with van der Waals surface area (Å²) in [5, 5.41) is 3.51. The summed E-state index contributed by atoms with van der Waals surface area (Å²) >= 11 is 0. The van der Waals surface area contributed by atoms with Crippen LogP contribution in [-0.4, -0.2) is 12.1 Å². The topological polar surface area (TPSA) is 34.1 Å². The maximum atomic E-state index is 5.30. The summed E-state index contributed by atoms with van der Waals surface area (Å²) in [6.07, 6.45) is 9.10. The third kappa shape index (κ3) is 4.03. The summed E-state index contributed by atoms with van der Waals surface area (Å²) in [6.45, 7) is 0. The molecule has 136 valence electrons. The van der Waals surface area contributed by atoms with Gasteiger partial charge in [-0.05, 0) is 72.7 Å². The SMILES string of the molecule is COc1ccc(-c2ccc(C3=CCCCC3)cc2Nc2ccccn2)cc1. The van der Waals surface area contributed by atoms with Crippen molar-refractivity contribution in [3.63, 3.8) is 0 Å². The van der Waals surface area contributed by atoms with Gasteiger partial charge in [0, 0.05) is 17.4 Å². The first-order valence-corrected chi connectivity index (χ1v) is 9.49. The van der Waals surface area contributed by atoms with Gasteiger partial charge in [-0.3, -0.25) is 0 Å². The minimum absolute atomic E-state index is 0.849. The normalized spacial score (nSPS) is 13.7. The molecule has 0 spiro atoms. The van der Waals surface area contributed by atoms with E-state index in [-0.39, 0.29) is 0 Å². The Kier molecular flexibility index (Phi) is 5.20. The number of anilines is 2. The zero-order valence-corrected chi connectivity index (χ0v) is 15.6. The molecule has 0 atom stereocenters. The molecule has 1 aliphatic rings. The highest BCUT2D eigenvalue weighted by Crippen LogP contribution is 2.35. The molecule has 3 nitrogen and oxygen atoms in total. The number of aromatic nitrogens is 1. The Bertz CT molecular complexity index is 930. The number of nitrogens with zero attached hydrogens (tertiary/aromatic N) is 1. The first-order valence-electron chi connectivity index (χ1n) is 9.49. The predicted octanol–water partition coefficient (Wildman–Crippen LogP) is 6.46. The lowest BCUT2D eigenvalue weighted by Crippen LogP contribution is -1.98. The molecular formula is C24H24N2O. The molecule has 1 heterocycles. The van der Waals surface area contributed by atoms with Gasteiger partial charge >= 0.3 is 0 Å². The fraction of sp³-hybridized carbons (Fsp3) is 0.208. The summed E-state index contributed by atoms with van der Waals surface area (Å²) in [5.74, 6) is 1.71. The van der Waals surface area contributed by atoms with Gasteiger partial charge in [-0.2, -0.15) is 0 Å². The van der Waals surface area contributed by atoms with Crippen LogP contribution in [0.3, 0.4) is 0 Å². The number of benzene rings is 2. The first-order chi connectivity index (χ1) is 13.3. The minimum Gasteiger partial charge on any atom is -0.497 e. The average Bonchev–Trinajstić information content (AvgIpc) is 2.75. The number of hydrogen-bond acceptors (Lipinski definition) is 3. The fourth-order valence-corrected chi connectivity index (χ4v) is 3.54. The Morgan fingerprint density at radius 1 is 0.926 bits per heavy atom. The van der Waals surface area contributed by atoms with Crippen LogP contribution in [0.4, 0.5) is 11.5 Å². The van der Waals surface area contributed by atoms with E-state index in [4.69, 9.17) is 4.74 Å². The van der Waals surface area contributed by atoms with Crippen molar-refractivity contribution in [2.75, 3.05) is 12.4 Å². The van der Waals surface area contributed by atoms with Gasteiger partial charge in [0.1, 0.15) is 11.6 Å². The van der Waals surface area contributed by atoms with Crippen molar-refractivity contribution in [2.24, 2.45) is 0 Å². The number of nitrogens with one attached hydrogen (secondary N) is 1. The van der Waals surface area contributed by atoms with E-state index in [0.29, 0.717) is 0 Å². The largest absolute Gasteiger partial charge is 0.497 e. The van der Waals surface area contributed by atoms with Crippen LogP contribution in [0.15, 0.2) is 72.9 Å². The number of rotatable bonds is 5. The highest BCUT2D eigenvalue weighted by atomic mass is 16.5. The van der Waals surface area contributed by atoms with Crippen LogP contribution in [0.5, 0.6) is 5.75 Å². The lowest BCUT2D eigenvalue weighted by Gasteiger charge is -2.17. The Balaban J connectivity index is 1.75. The second kappa shape index (κ2) is 8.09. The molecule has 0 aliphatic heterocycles. The zero-order chi connectivity index (χ0) is 18.5. The average molecular weight is 356 g/mol. The number of allylic oxidation sites excluding steroid dienone is 2. The molecule has 0 fully saturated rings. The minimum atomic E-state index is 0.849. The Morgan fingerprint density at radius 3 is 2.48 bits per heavy atom. The third-order valence-corrected chi connectivity index (χ3v) is 5.01. The molecule has 27 heavy (non-hydrogen) atoms. The van der Waals surface area contributed by atoms with Gasteiger partial charge in [0.25, 0.3) is 0 Å². The maximum Gasteiger partial charge on any atom is 0.130 e. The molecule has 0 amide bonds. The Morgan fingerprint density at radius 2 is 1.78 bits per heavy atom.